The summed E-state index contributed by atoms with van der Waals surface area (Å²) in [4.78, 5) is 20.7. The second kappa shape index (κ2) is 12.1. The molecule has 3 heterocycles. The number of aromatic nitrogens is 3. The van der Waals surface area contributed by atoms with Gasteiger partial charge < -0.3 is 9.80 Å². The van der Waals surface area contributed by atoms with Crippen LogP contribution in [0.1, 0.15) is 43.2 Å². The molecule has 0 N–H and O–H groups in total. The lowest BCUT2D eigenvalue weighted by molar-refractivity contribution is -0.137. The van der Waals surface area contributed by atoms with Crippen LogP contribution in [0.2, 0.25) is 0 Å². The van der Waals surface area contributed by atoms with Crippen LogP contribution in [0.15, 0.2) is 85.3 Å². The van der Waals surface area contributed by atoms with E-state index in [1.54, 1.807) is 24.7 Å². The van der Waals surface area contributed by atoms with Crippen molar-refractivity contribution >= 4 is 17.3 Å². The van der Waals surface area contributed by atoms with E-state index in [-0.39, 0.29) is 6.04 Å². The van der Waals surface area contributed by atoms with Gasteiger partial charge in [0.2, 0.25) is 5.95 Å². The van der Waals surface area contributed by atoms with Gasteiger partial charge in [-0.1, -0.05) is 37.1 Å². The molecule has 0 bridgehead atoms. The molecule has 6 nitrogen and oxygen atoms in total. The van der Waals surface area contributed by atoms with Crippen LogP contribution in [0.5, 0.6) is 0 Å². The van der Waals surface area contributed by atoms with Crippen molar-refractivity contribution < 1.29 is 13.2 Å². The minimum atomic E-state index is -4.37. The van der Waals surface area contributed by atoms with Gasteiger partial charge in [-0.05, 0) is 67.3 Å². The van der Waals surface area contributed by atoms with Crippen LogP contribution in [0.25, 0.3) is 11.3 Å². The van der Waals surface area contributed by atoms with E-state index < -0.39 is 11.7 Å². The summed E-state index contributed by atoms with van der Waals surface area (Å²) in [6.45, 7) is 2.65. The van der Waals surface area contributed by atoms with Gasteiger partial charge in [0.05, 0.1) is 11.3 Å². The van der Waals surface area contributed by atoms with Crippen molar-refractivity contribution in [2.75, 3.05) is 29.9 Å². The van der Waals surface area contributed by atoms with Gasteiger partial charge in [-0.15, -0.1) is 0 Å². The number of hydrogen-bond acceptors (Lipinski definition) is 6. The predicted octanol–water partition coefficient (Wildman–Crippen LogP) is 7.35. The Morgan fingerprint density at radius 2 is 1.52 bits per heavy atom. The molecule has 1 aliphatic carbocycles. The van der Waals surface area contributed by atoms with Crippen LogP contribution < -0.4 is 9.80 Å². The van der Waals surface area contributed by atoms with E-state index in [9.17, 15) is 13.2 Å². The van der Waals surface area contributed by atoms with Gasteiger partial charge in [-0.3, -0.25) is 9.88 Å². The van der Waals surface area contributed by atoms with Crippen LogP contribution >= 0.6 is 0 Å². The highest BCUT2D eigenvalue weighted by atomic mass is 19.4. The third-order valence-corrected chi connectivity index (χ3v) is 8.61. The van der Waals surface area contributed by atoms with E-state index in [1.807, 2.05) is 19.2 Å². The lowest BCUT2D eigenvalue weighted by atomic mass is 10.1. The number of hydrogen-bond donors (Lipinski definition) is 0. The lowest BCUT2D eigenvalue weighted by Gasteiger charge is -2.31. The normalized spacial score (nSPS) is 18.0. The van der Waals surface area contributed by atoms with Gasteiger partial charge in [0, 0.05) is 74.3 Å². The van der Waals surface area contributed by atoms with E-state index in [0.29, 0.717) is 29.8 Å². The van der Waals surface area contributed by atoms with Crippen molar-refractivity contribution in [1.82, 2.24) is 19.9 Å². The molecule has 4 aromatic rings. The van der Waals surface area contributed by atoms with E-state index in [0.717, 1.165) is 48.6 Å². The average molecular weight is 573 g/mol. The number of rotatable bonds is 8. The zero-order chi connectivity index (χ0) is 29.1. The number of pyridine rings is 1. The maximum atomic E-state index is 13.1. The molecule has 2 aromatic heterocycles. The van der Waals surface area contributed by atoms with E-state index in [1.165, 1.54) is 37.8 Å². The Bertz CT molecular complexity index is 1450. The van der Waals surface area contributed by atoms with Crippen LogP contribution in [0, 0.1) is 0 Å². The number of anilines is 3. The molecule has 1 aliphatic heterocycles. The van der Waals surface area contributed by atoms with Gasteiger partial charge in [0.1, 0.15) is 0 Å². The second-order valence-electron chi connectivity index (χ2n) is 11.3. The largest absolute Gasteiger partial charge is 0.416 e. The first-order valence-corrected chi connectivity index (χ1v) is 14.6. The molecule has 2 fully saturated rings. The summed E-state index contributed by atoms with van der Waals surface area (Å²) in [6.07, 6.45) is 7.05. The number of alkyl halides is 3. The van der Waals surface area contributed by atoms with E-state index >= 15 is 0 Å². The molecule has 1 atom stereocenters. The first-order chi connectivity index (χ1) is 20.3. The highest BCUT2D eigenvalue weighted by Crippen LogP contribution is 2.33. The second-order valence-corrected chi connectivity index (χ2v) is 11.3. The summed E-state index contributed by atoms with van der Waals surface area (Å²) >= 11 is 0. The molecule has 0 amide bonds. The van der Waals surface area contributed by atoms with Gasteiger partial charge in [0.15, 0.2) is 0 Å². The van der Waals surface area contributed by atoms with Gasteiger partial charge >= 0.3 is 6.18 Å². The van der Waals surface area contributed by atoms with E-state index in [2.05, 4.69) is 48.9 Å². The zero-order valence-corrected chi connectivity index (χ0v) is 23.7. The minimum absolute atomic E-state index is 0.243. The summed E-state index contributed by atoms with van der Waals surface area (Å²) in [5, 5.41) is 0. The van der Waals surface area contributed by atoms with Crippen LogP contribution in [-0.4, -0.2) is 52.1 Å². The number of halogens is 3. The van der Waals surface area contributed by atoms with Crippen molar-refractivity contribution in [1.29, 1.82) is 0 Å². The summed E-state index contributed by atoms with van der Waals surface area (Å²) in [5.74, 6) is 0.601. The highest BCUT2D eigenvalue weighted by Gasteiger charge is 2.34. The first-order valence-electron chi connectivity index (χ1n) is 14.6. The molecule has 1 saturated heterocycles. The number of benzene rings is 2. The van der Waals surface area contributed by atoms with E-state index in [4.69, 9.17) is 4.98 Å². The Morgan fingerprint density at radius 1 is 0.833 bits per heavy atom. The molecule has 2 aliphatic rings. The van der Waals surface area contributed by atoms with Gasteiger partial charge in [-0.25, -0.2) is 9.97 Å². The Kier molecular flexibility index (Phi) is 8.11. The number of nitrogens with zero attached hydrogens (tertiary/aromatic N) is 6. The summed E-state index contributed by atoms with van der Waals surface area (Å²) in [6, 6.07) is 20.3. The average Bonchev–Trinajstić information content (AvgIpc) is 3.73. The van der Waals surface area contributed by atoms with Crippen molar-refractivity contribution in [2.24, 2.45) is 0 Å². The summed E-state index contributed by atoms with van der Waals surface area (Å²) in [5.41, 5.74) is 3.85. The Morgan fingerprint density at radius 3 is 2.21 bits per heavy atom. The summed E-state index contributed by atoms with van der Waals surface area (Å²) < 4.78 is 39.4. The third-order valence-electron chi connectivity index (χ3n) is 8.61. The molecule has 6 rings (SSSR count). The van der Waals surface area contributed by atoms with Crippen molar-refractivity contribution in [3.8, 4) is 11.3 Å². The fraction of sp³-hybridized carbons (Fsp3) is 0.364. The molecule has 1 saturated carbocycles. The molecular weight excluding hydrogens is 537 g/mol. The quantitative estimate of drug-likeness (QED) is 0.220. The molecular formula is C33H35F3N6. The molecule has 9 heteroatoms. The smallest absolute Gasteiger partial charge is 0.345 e. The molecule has 0 spiro atoms. The monoisotopic (exact) mass is 572 g/mol. The SMILES string of the molecule is CN(c1ccncc1)c1ccc(CN(c2nccc(-c3ccc(C(F)(F)F)cc3)n2)C2CCN(C3CCCC3)C2)cc1. The number of likely N-dealkylation sites (tertiary alicyclic amines) is 1. The molecule has 1 unspecified atom stereocenters. The van der Waals surface area contributed by atoms with Crippen molar-refractivity contribution in [3.05, 3.63) is 96.4 Å². The Balaban J connectivity index is 1.26. The first kappa shape index (κ1) is 28.2. The standard InChI is InChI=1S/C33H35F3N6/c1-40(28-14-18-37-19-15-28)27-12-6-24(7-13-27)22-42(30-17-21-41(23-30)29-4-2-3-5-29)32-38-20-16-31(39-32)25-8-10-26(11-9-25)33(34,35)36/h6-16,18-20,29-30H,2-5,17,21-23H2,1H3. The van der Waals surface area contributed by atoms with Crippen molar-refractivity contribution in [2.45, 2.75) is 56.9 Å². The van der Waals surface area contributed by atoms with Gasteiger partial charge in [-0.2, -0.15) is 13.2 Å². The zero-order valence-electron chi connectivity index (χ0n) is 23.7. The molecule has 42 heavy (non-hydrogen) atoms. The van der Waals surface area contributed by atoms with Crippen LogP contribution in [0.3, 0.4) is 0 Å². The highest BCUT2D eigenvalue weighted by molar-refractivity contribution is 5.63. The Labute approximate surface area is 244 Å². The summed E-state index contributed by atoms with van der Waals surface area (Å²) in [7, 11) is 2.04. The molecule has 2 aromatic carbocycles. The maximum Gasteiger partial charge on any atom is 0.416 e. The lowest BCUT2D eigenvalue weighted by Crippen LogP contribution is -2.40. The van der Waals surface area contributed by atoms with Crippen LogP contribution in [-0.2, 0) is 12.7 Å². The van der Waals surface area contributed by atoms with Gasteiger partial charge in [0.25, 0.3) is 0 Å². The topological polar surface area (TPSA) is 48.4 Å². The molecule has 0 radical (unpaired) electrons. The minimum Gasteiger partial charge on any atom is -0.345 e. The van der Waals surface area contributed by atoms with Crippen molar-refractivity contribution in [3.63, 3.8) is 0 Å². The fourth-order valence-electron chi connectivity index (χ4n) is 6.20. The Hall–Kier alpha value is -3.98. The van der Waals surface area contributed by atoms with Crippen LogP contribution in [0.4, 0.5) is 30.5 Å². The molecule has 218 valence electrons. The third kappa shape index (κ3) is 6.26. The maximum absolute atomic E-state index is 13.1. The fourth-order valence-corrected chi connectivity index (χ4v) is 6.20. The predicted molar refractivity (Wildman–Crippen MR) is 160 cm³/mol.